The van der Waals surface area contributed by atoms with E-state index >= 15 is 0 Å². The van der Waals surface area contributed by atoms with Crippen LogP contribution in [-0.4, -0.2) is 36.1 Å². The molecule has 1 amide bonds. The van der Waals surface area contributed by atoms with Crippen molar-refractivity contribution in [1.82, 2.24) is 10.3 Å². The largest absolute Gasteiger partial charge is 0.492 e. The van der Waals surface area contributed by atoms with Gasteiger partial charge in [0.25, 0.3) is 5.91 Å². The maximum Gasteiger partial charge on any atom is 0.315 e. The minimum absolute atomic E-state index is 0.0406. The molecule has 0 bridgehead atoms. The molecule has 0 aliphatic carbocycles. The van der Waals surface area contributed by atoms with Gasteiger partial charge in [-0.25, -0.2) is 0 Å². The van der Waals surface area contributed by atoms with Crippen LogP contribution in [-0.2, 0) is 20.7 Å². The second-order valence-corrected chi connectivity index (χ2v) is 8.09. The van der Waals surface area contributed by atoms with E-state index in [0.29, 0.717) is 28.8 Å². The molecule has 0 aliphatic heterocycles. The van der Waals surface area contributed by atoms with Crippen LogP contribution < -0.4 is 10.1 Å². The molecule has 1 atom stereocenters. The van der Waals surface area contributed by atoms with Gasteiger partial charge in [-0.15, -0.1) is 0 Å². The maximum atomic E-state index is 12.5. The Hall–Kier alpha value is -2.31. The highest BCUT2D eigenvalue weighted by Gasteiger charge is 2.33. The molecule has 8 heteroatoms. The van der Waals surface area contributed by atoms with E-state index in [1.807, 2.05) is 12.1 Å². The molecule has 1 aromatic carbocycles. The monoisotopic (exact) mass is 438 g/mol. The zero-order valence-electron chi connectivity index (χ0n) is 16.6. The number of halogens is 2. The average molecular weight is 439 g/mol. The van der Waals surface area contributed by atoms with Gasteiger partial charge in [0.05, 0.1) is 5.41 Å². The van der Waals surface area contributed by atoms with Gasteiger partial charge in [0.1, 0.15) is 12.4 Å². The lowest BCUT2D eigenvalue weighted by atomic mass is 9.95. The molecular weight excluding hydrogens is 415 g/mol. The summed E-state index contributed by atoms with van der Waals surface area (Å²) in [5, 5.41) is 3.63. The third-order valence-electron chi connectivity index (χ3n) is 4.10. The van der Waals surface area contributed by atoms with Gasteiger partial charge in [0.2, 0.25) is 0 Å². The number of esters is 1. The molecule has 1 heterocycles. The van der Waals surface area contributed by atoms with Crippen LogP contribution in [0.15, 0.2) is 42.7 Å². The highest BCUT2D eigenvalue weighted by Crippen LogP contribution is 2.26. The molecule has 6 nitrogen and oxygen atoms in total. The van der Waals surface area contributed by atoms with Crippen molar-refractivity contribution in [2.45, 2.75) is 33.3 Å². The Morgan fingerprint density at radius 2 is 1.76 bits per heavy atom. The van der Waals surface area contributed by atoms with Crippen molar-refractivity contribution in [1.29, 1.82) is 0 Å². The number of nitrogens with one attached hydrogen (secondary N) is 1. The Morgan fingerprint density at radius 3 is 2.38 bits per heavy atom. The fourth-order valence-corrected chi connectivity index (χ4v) is 2.84. The molecule has 2 aromatic rings. The van der Waals surface area contributed by atoms with Crippen LogP contribution in [0.4, 0.5) is 0 Å². The molecular formula is C21H24Cl2N2O4. The number of carbonyl (C=O) groups is 2. The van der Waals surface area contributed by atoms with Crippen molar-refractivity contribution >= 4 is 35.1 Å². The predicted octanol–water partition coefficient (Wildman–Crippen LogP) is 4.08. The molecule has 156 valence electrons. The van der Waals surface area contributed by atoms with E-state index in [1.165, 1.54) is 6.92 Å². The predicted molar refractivity (Wildman–Crippen MR) is 112 cm³/mol. The van der Waals surface area contributed by atoms with Crippen LogP contribution in [0.1, 0.15) is 26.3 Å². The number of pyridine rings is 1. The van der Waals surface area contributed by atoms with Crippen LogP contribution in [0.25, 0.3) is 0 Å². The number of aromatic nitrogens is 1. The van der Waals surface area contributed by atoms with E-state index in [2.05, 4.69) is 10.3 Å². The SMILES string of the molecule is CC(OC(=O)C(C)(C)COc1cc(Cl)cc(Cl)c1)C(=O)NCCc1ccncc1. The summed E-state index contributed by atoms with van der Waals surface area (Å²) >= 11 is 11.9. The number of amides is 1. The van der Waals surface area contributed by atoms with Crippen molar-refractivity contribution in [3.8, 4) is 5.75 Å². The summed E-state index contributed by atoms with van der Waals surface area (Å²) in [6.07, 6.45) is 3.14. The van der Waals surface area contributed by atoms with Crippen molar-refractivity contribution < 1.29 is 19.1 Å². The Bertz CT molecular complexity index is 824. The summed E-state index contributed by atoms with van der Waals surface area (Å²) < 4.78 is 11.0. The Kier molecular flexibility index (Phi) is 8.29. The van der Waals surface area contributed by atoms with Gasteiger partial charge in [-0.2, -0.15) is 0 Å². The van der Waals surface area contributed by atoms with E-state index in [1.54, 1.807) is 44.4 Å². The number of hydrogen-bond acceptors (Lipinski definition) is 5. The van der Waals surface area contributed by atoms with E-state index in [4.69, 9.17) is 32.7 Å². The van der Waals surface area contributed by atoms with E-state index < -0.39 is 17.5 Å². The summed E-state index contributed by atoms with van der Waals surface area (Å²) in [5.41, 5.74) is 0.0877. The first-order chi connectivity index (χ1) is 13.7. The van der Waals surface area contributed by atoms with Crippen LogP contribution in [0.3, 0.4) is 0 Å². The van der Waals surface area contributed by atoms with Gasteiger partial charge in [-0.05, 0) is 63.1 Å². The zero-order chi connectivity index (χ0) is 21.4. The van der Waals surface area contributed by atoms with Gasteiger partial charge in [0, 0.05) is 29.0 Å². The van der Waals surface area contributed by atoms with Crippen LogP contribution in [0.5, 0.6) is 5.75 Å². The molecule has 2 rings (SSSR count). The summed E-state index contributed by atoms with van der Waals surface area (Å²) in [5.74, 6) is -0.446. The molecule has 1 aromatic heterocycles. The lowest BCUT2D eigenvalue weighted by Crippen LogP contribution is -2.41. The lowest BCUT2D eigenvalue weighted by Gasteiger charge is -2.25. The summed E-state index contributed by atoms with van der Waals surface area (Å²) in [6.45, 7) is 5.37. The van der Waals surface area contributed by atoms with Crippen molar-refractivity contribution in [2.24, 2.45) is 5.41 Å². The maximum absolute atomic E-state index is 12.5. The Morgan fingerprint density at radius 1 is 1.14 bits per heavy atom. The fraction of sp³-hybridized carbons (Fsp3) is 0.381. The standard InChI is InChI=1S/C21H24Cl2N2O4/c1-14(19(26)25-9-6-15-4-7-24-8-5-15)29-20(27)21(2,3)13-28-18-11-16(22)10-17(23)12-18/h4-5,7-8,10-12,14H,6,9,13H2,1-3H3,(H,25,26). The van der Waals surface area contributed by atoms with Crippen LogP contribution in [0.2, 0.25) is 10.0 Å². The molecule has 0 fully saturated rings. The summed E-state index contributed by atoms with van der Waals surface area (Å²) in [6, 6.07) is 8.56. The number of hydrogen-bond donors (Lipinski definition) is 1. The Labute approximate surface area is 180 Å². The van der Waals surface area contributed by atoms with Crippen molar-refractivity contribution in [2.75, 3.05) is 13.2 Å². The van der Waals surface area contributed by atoms with Gasteiger partial charge in [-0.3, -0.25) is 14.6 Å². The van der Waals surface area contributed by atoms with Crippen molar-refractivity contribution in [3.63, 3.8) is 0 Å². The van der Waals surface area contributed by atoms with Crippen LogP contribution in [0, 0.1) is 5.41 Å². The number of ether oxygens (including phenoxy) is 2. The van der Waals surface area contributed by atoms with E-state index in [-0.39, 0.29) is 12.5 Å². The molecule has 0 saturated carbocycles. The molecule has 1 N–H and O–H groups in total. The topological polar surface area (TPSA) is 77.5 Å². The highest BCUT2D eigenvalue weighted by molar-refractivity contribution is 6.34. The molecule has 0 spiro atoms. The average Bonchev–Trinajstić information content (AvgIpc) is 2.66. The molecule has 29 heavy (non-hydrogen) atoms. The number of rotatable bonds is 9. The van der Waals surface area contributed by atoms with E-state index in [9.17, 15) is 9.59 Å². The summed E-state index contributed by atoms with van der Waals surface area (Å²) in [7, 11) is 0. The normalized spacial score (nSPS) is 12.2. The third-order valence-corrected chi connectivity index (χ3v) is 4.54. The fourth-order valence-electron chi connectivity index (χ4n) is 2.33. The number of carbonyl (C=O) groups excluding carboxylic acids is 2. The first-order valence-electron chi connectivity index (χ1n) is 9.14. The summed E-state index contributed by atoms with van der Waals surface area (Å²) in [4.78, 5) is 28.6. The third kappa shape index (κ3) is 7.55. The smallest absolute Gasteiger partial charge is 0.315 e. The molecule has 1 unspecified atom stereocenters. The highest BCUT2D eigenvalue weighted by atomic mass is 35.5. The van der Waals surface area contributed by atoms with Crippen LogP contribution >= 0.6 is 23.2 Å². The second kappa shape index (κ2) is 10.5. The molecule has 0 saturated heterocycles. The van der Waals surface area contributed by atoms with Gasteiger partial charge < -0.3 is 14.8 Å². The number of benzene rings is 1. The zero-order valence-corrected chi connectivity index (χ0v) is 18.1. The Balaban J connectivity index is 1.80. The molecule has 0 radical (unpaired) electrons. The van der Waals surface area contributed by atoms with Gasteiger partial charge >= 0.3 is 5.97 Å². The minimum atomic E-state index is -0.972. The number of nitrogens with zero attached hydrogens (tertiary/aromatic N) is 1. The second-order valence-electron chi connectivity index (χ2n) is 7.22. The lowest BCUT2D eigenvalue weighted by molar-refractivity contribution is -0.164. The van der Waals surface area contributed by atoms with Gasteiger partial charge in [-0.1, -0.05) is 23.2 Å². The first-order valence-corrected chi connectivity index (χ1v) is 9.89. The van der Waals surface area contributed by atoms with E-state index in [0.717, 1.165) is 5.56 Å². The first kappa shape index (κ1) is 23.0. The minimum Gasteiger partial charge on any atom is -0.492 e. The van der Waals surface area contributed by atoms with Gasteiger partial charge in [0.15, 0.2) is 6.10 Å². The quantitative estimate of drug-likeness (QED) is 0.596. The molecule has 0 aliphatic rings. The van der Waals surface area contributed by atoms with Crippen molar-refractivity contribution in [3.05, 3.63) is 58.3 Å².